The van der Waals surface area contributed by atoms with E-state index in [0.717, 1.165) is 12.8 Å². The number of methoxy groups -OCH3 is 1. The summed E-state index contributed by atoms with van der Waals surface area (Å²) in [4.78, 5) is 37.2. The molecular weight excluding hydrogens is 427 g/mol. The van der Waals surface area contributed by atoms with Crippen LogP contribution in [0, 0.1) is 5.82 Å². The van der Waals surface area contributed by atoms with Gasteiger partial charge in [-0.25, -0.2) is 4.39 Å². The zero-order valence-electron chi connectivity index (χ0n) is 16.9. The molecule has 0 radical (unpaired) electrons. The van der Waals surface area contributed by atoms with Gasteiger partial charge in [0.15, 0.2) is 6.61 Å². The number of rotatable bonds is 6. The van der Waals surface area contributed by atoms with E-state index in [-0.39, 0.29) is 11.3 Å². The van der Waals surface area contributed by atoms with Gasteiger partial charge in [-0.05, 0) is 48.7 Å². The van der Waals surface area contributed by atoms with E-state index in [1.807, 2.05) is 0 Å². The second kappa shape index (κ2) is 9.78. The largest absolute Gasteiger partial charge is 0.496 e. The summed E-state index contributed by atoms with van der Waals surface area (Å²) in [6, 6.07) is 10.3. The molecule has 1 fully saturated rings. The molecule has 0 unspecified atom stereocenters. The molecule has 0 bridgehead atoms. The van der Waals surface area contributed by atoms with Gasteiger partial charge in [0.1, 0.15) is 11.6 Å². The topological polar surface area (TPSA) is 93.7 Å². The third-order valence-corrected chi connectivity index (χ3v) is 5.52. The lowest BCUT2D eigenvalue weighted by Crippen LogP contribution is -2.45. The van der Waals surface area contributed by atoms with Gasteiger partial charge in [0.2, 0.25) is 0 Å². The monoisotopic (exact) mass is 448 g/mol. The van der Waals surface area contributed by atoms with Gasteiger partial charge in [-0.1, -0.05) is 36.6 Å². The lowest BCUT2D eigenvalue weighted by atomic mass is 9.79. The molecular formula is C22H22ClFN2O5. The van der Waals surface area contributed by atoms with Gasteiger partial charge in [-0.2, -0.15) is 0 Å². The summed E-state index contributed by atoms with van der Waals surface area (Å²) >= 11 is 5.90. The molecule has 1 aliphatic carbocycles. The Morgan fingerprint density at radius 2 is 1.84 bits per heavy atom. The average molecular weight is 449 g/mol. The molecule has 0 aliphatic heterocycles. The summed E-state index contributed by atoms with van der Waals surface area (Å²) in [7, 11) is 1.40. The fourth-order valence-corrected chi connectivity index (χ4v) is 3.90. The van der Waals surface area contributed by atoms with Crippen molar-refractivity contribution >= 4 is 29.4 Å². The summed E-state index contributed by atoms with van der Waals surface area (Å²) < 4.78 is 24.0. The van der Waals surface area contributed by atoms with Crippen molar-refractivity contribution in [1.82, 2.24) is 10.9 Å². The Kier molecular flexibility index (Phi) is 7.12. The standard InChI is InChI=1S/C22H22ClFN2O5/c1-30-18-8-7-15(23)12-17(18)20(28)26-25-19(27)13-31-21(29)22(9-2-3-10-22)14-5-4-6-16(24)11-14/h4-8,11-12H,2-3,9-10,13H2,1H3,(H,25,27)(H,26,28). The fraction of sp³-hybridized carbons (Fsp3) is 0.318. The molecule has 1 saturated carbocycles. The smallest absolute Gasteiger partial charge is 0.317 e. The van der Waals surface area contributed by atoms with Crippen LogP contribution in [0.4, 0.5) is 4.39 Å². The quantitative estimate of drug-likeness (QED) is 0.522. The lowest BCUT2D eigenvalue weighted by molar-refractivity contribution is -0.154. The van der Waals surface area contributed by atoms with Crippen LogP contribution >= 0.6 is 11.6 Å². The molecule has 3 rings (SSSR count). The molecule has 2 N–H and O–H groups in total. The fourth-order valence-electron chi connectivity index (χ4n) is 3.73. The maximum absolute atomic E-state index is 13.7. The van der Waals surface area contributed by atoms with E-state index in [0.29, 0.717) is 23.4 Å². The molecule has 7 nitrogen and oxygen atoms in total. The van der Waals surface area contributed by atoms with Crippen LogP contribution in [-0.2, 0) is 19.7 Å². The number of carbonyl (C=O) groups excluding carboxylic acids is 3. The van der Waals surface area contributed by atoms with Crippen molar-refractivity contribution in [3.8, 4) is 5.75 Å². The number of hydrogen-bond donors (Lipinski definition) is 2. The van der Waals surface area contributed by atoms with E-state index in [1.54, 1.807) is 18.2 Å². The Labute approximate surface area is 183 Å². The zero-order chi connectivity index (χ0) is 22.4. The Hall–Kier alpha value is -3.13. The Morgan fingerprint density at radius 1 is 1.10 bits per heavy atom. The molecule has 31 heavy (non-hydrogen) atoms. The molecule has 164 valence electrons. The highest BCUT2D eigenvalue weighted by molar-refractivity contribution is 6.31. The molecule has 2 amide bonds. The lowest BCUT2D eigenvalue weighted by Gasteiger charge is -2.27. The minimum absolute atomic E-state index is 0.128. The number of amides is 2. The number of esters is 1. The molecule has 0 atom stereocenters. The Morgan fingerprint density at radius 3 is 2.52 bits per heavy atom. The molecule has 2 aromatic rings. The molecule has 9 heteroatoms. The van der Waals surface area contributed by atoms with Crippen LogP contribution in [0.1, 0.15) is 41.6 Å². The number of halogens is 2. The molecule has 2 aromatic carbocycles. The first-order chi connectivity index (χ1) is 14.9. The summed E-state index contributed by atoms with van der Waals surface area (Å²) in [6.45, 7) is -0.594. The normalized spacial score (nSPS) is 14.5. The van der Waals surface area contributed by atoms with E-state index in [4.69, 9.17) is 21.1 Å². The number of benzene rings is 2. The molecule has 0 heterocycles. The molecule has 0 saturated heterocycles. The number of hydrogen-bond acceptors (Lipinski definition) is 5. The third kappa shape index (κ3) is 5.14. The predicted molar refractivity (Wildman–Crippen MR) is 111 cm³/mol. The first-order valence-electron chi connectivity index (χ1n) is 9.72. The second-order valence-electron chi connectivity index (χ2n) is 7.22. The van der Waals surface area contributed by atoms with Gasteiger partial charge in [0, 0.05) is 5.02 Å². The van der Waals surface area contributed by atoms with Crippen molar-refractivity contribution in [2.75, 3.05) is 13.7 Å². The van der Waals surface area contributed by atoms with Crippen LogP contribution < -0.4 is 15.6 Å². The SMILES string of the molecule is COc1ccc(Cl)cc1C(=O)NNC(=O)COC(=O)C1(c2cccc(F)c2)CCCC1. The average Bonchev–Trinajstić information content (AvgIpc) is 3.27. The van der Waals surface area contributed by atoms with E-state index < -0.39 is 35.6 Å². The van der Waals surface area contributed by atoms with E-state index in [1.165, 1.54) is 31.4 Å². The number of carbonyl (C=O) groups is 3. The maximum atomic E-state index is 13.7. The second-order valence-corrected chi connectivity index (χ2v) is 7.66. The van der Waals surface area contributed by atoms with Crippen LogP contribution in [0.2, 0.25) is 5.02 Å². The van der Waals surface area contributed by atoms with Gasteiger partial charge in [-0.3, -0.25) is 25.2 Å². The van der Waals surface area contributed by atoms with Gasteiger partial charge >= 0.3 is 5.97 Å². The predicted octanol–water partition coefficient (Wildman–Crippen LogP) is 3.30. The number of hydrazine groups is 1. The van der Waals surface area contributed by atoms with Crippen LogP contribution in [0.5, 0.6) is 5.75 Å². The first kappa shape index (κ1) is 22.6. The van der Waals surface area contributed by atoms with Crippen LogP contribution in [0.3, 0.4) is 0 Å². The summed E-state index contributed by atoms with van der Waals surface area (Å²) in [5, 5.41) is 0.324. The third-order valence-electron chi connectivity index (χ3n) is 5.28. The van der Waals surface area contributed by atoms with Gasteiger partial charge < -0.3 is 9.47 Å². The van der Waals surface area contributed by atoms with Gasteiger partial charge in [0.25, 0.3) is 11.8 Å². The van der Waals surface area contributed by atoms with Crippen molar-refractivity contribution in [2.45, 2.75) is 31.1 Å². The highest BCUT2D eigenvalue weighted by Crippen LogP contribution is 2.42. The summed E-state index contributed by atoms with van der Waals surface area (Å²) in [5.41, 5.74) is 4.10. The van der Waals surface area contributed by atoms with Crippen molar-refractivity contribution in [3.63, 3.8) is 0 Å². The summed E-state index contributed by atoms with van der Waals surface area (Å²) in [5.74, 6) is -2.12. The first-order valence-corrected chi connectivity index (χ1v) is 10.1. The minimum Gasteiger partial charge on any atom is -0.496 e. The molecule has 1 aliphatic rings. The van der Waals surface area contributed by atoms with Crippen LogP contribution in [0.25, 0.3) is 0 Å². The van der Waals surface area contributed by atoms with Gasteiger partial charge in [-0.15, -0.1) is 0 Å². The van der Waals surface area contributed by atoms with E-state index in [9.17, 15) is 18.8 Å². The van der Waals surface area contributed by atoms with Crippen molar-refractivity contribution in [3.05, 3.63) is 64.4 Å². The zero-order valence-corrected chi connectivity index (χ0v) is 17.6. The Balaban J connectivity index is 1.58. The van der Waals surface area contributed by atoms with Crippen molar-refractivity contribution in [1.29, 1.82) is 0 Å². The van der Waals surface area contributed by atoms with Gasteiger partial charge in [0.05, 0.1) is 18.1 Å². The van der Waals surface area contributed by atoms with E-state index >= 15 is 0 Å². The van der Waals surface area contributed by atoms with Crippen LogP contribution in [-0.4, -0.2) is 31.5 Å². The van der Waals surface area contributed by atoms with Crippen molar-refractivity contribution in [2.24, 2.45) is 0 Å². The minimum atomic E-state index is -0.972. The molecule has 0 spiro atoms. The summed E-state index contributed by atoms with van der Waals surface area (Å²) in [6.07, 6.45) is 2.63. The van der Waals surface area contributed by atoms with Crippen molar-refractivity contribution < 1.29 is 28.2 Å². The highest BCUT2D eigenvalue weighted by atomic mass is 35.5. The number of nitrogens with one attached hydrogen (secondary N) is 2. The maximum Gasteiger partial charge on any atom is 0.317 e. The van der Waals surface area contributed by atoms with E-state index in [2.05, 4.69) is 10.9 Å². The molecule has 0 aromatic heterocycles. The van der Waals surface area contributed by atoms with Crippen LogP contribution in [0.15, 0.2) is 42.5 Å². The Bertz CT molecular complexity index is 992. The number of ether oxygens (including phenoxy) is 2. The highest BCUT2D eigenvalue weighted by Gasteiger charge is 2.44.